The molecule has 0 amide bonds. The monoisotopic (exact) mass is 414 g/mol. The molecule has 0 rings (SSSR count). The summed E-state index contributed by atoms with van der Waals surface area (Å²) in [6.45, 7) is 4.53. The van der Waals surface area contributed by atoms with E-state index < -0.39 is 21.3 Å². The maximum Gasteiger partial charge on any atom is 1.00 e. The Balaban J connectivity index is 0. The van der Waals surface area contributed by atoms with Crippen LogP contribution in [-0.2, 0) is 19.6 Å². The van der Waals surface area contributed by atoms with E-state index in [2.05, 4.69) is 13.8 Å². The van der Waals surface area contributed by atoms with Crippen LogP contribution in [0, 0.1) is 0 Å². The molecular weight excluding hydrogens is 375 g/mol. The van der Waals surface area contributed by atoms with Gasteiger partial charge in [0, 0.05) is 0 Å². The smallest absolute Gasteiger partial charge is 0.747 e. The predicted octanol–water partition coefficient (Wildman–Crippen LogP) is 2.34. The van der Waals surface area contributed by atoms with Gasteiger partial charge in [0.25, 0.3) is 0 Å². The summed E-state index contributed by atoms with van der Waals surface area (Å²) in [7, 11) is -4.65. The molecule has 0 saturated carbocycles. The van der Waals surface area contributed by atoms with Crippen molar-refractivity contribution in [1.82, 2.24) is 0 Å². The Morgan fingerprint density at radius 2 is 1.19 bits per heavy atom. The Morgan fingerprint density at radius 1 is 0.778 bits per heavy atom. The van der Waals surface area contributed by atoms with Crippen molar-refractivity contribution in [2.45, 2.75) is 115 Å². The third-order valence-electron chi connectivity index (χ3n) is 4.67. The number of hydrogen-bond donors (Lipinski definition) is 0. The number of ether oxygens (including phenoxy) is 1. The van der Waals surface area contributed by atoms with Gasteiger partial charge in [0.1, 0.15) is 15.4 Å². The molecule has 0 saturated heterocycles. The second-order valence-electron chi connectivity index (χ2n) is 7.18. The predicted molar refractivity (Wildman–Crippen MR) is 105 cm³/mol. The Labute approximate surface area is 189 Å². The zero-order chi connectivity index (χ0) is 19.7. The molecule has 0 aromatic rings. The molecular formula is C20H39NaO5S. The summed E-state index contributed by atoms with van der Waals surface area (Å²) >= 11 is 0. The Kier molecular flexibility index (Phi) is 21.6. The fraction of sp³-hybridized carbons (Fsp3) is 0.950. The fourth-order valence-corrected chi connectivity index (χ4v) is 3.75. The van der Waals surface area contributed by atoms with Gasteiger partial charge in [-0.15, -0.1) is 0 Å². The summed E-state index contributed by atoms with van der Waals surface area (Å²) in [4.78, 5) is 12.0. The molecule has 7 heteroatoms. The van der Waals surface area contributed by atoms with Crippen molar-refractivity contribution in [2.24, 2.45) is 0 Å². The molecule has 0 aliphatic heterocycles. The first-order valence-corrected chi connectivity index (χ1v) is 12.0. The molecule has 0 heterocycles. The number of hydrogen-bond acceptors (Lipinski definition) is 5. The third-order valence-corrected chi connectivity index (χ3v) is 5.80. The van der Waals surface area contributed by atoms with Crippen molar-refractivity contribution in [3.05, 3.63) is 0 Å². The summed E-state index contributed by atoms with van der Waals surface area (Å²) in [5.74, 6) is -0.864. The van der Waals surface area contributed by atoms with Crippen molar-refractivity contribution < 1.29 is 52.1 Å². The molecule has 0 aliphatic rings. The maximum atomic E-state index is 12.0. The topological polar surface area (TPSA) is 83.5 Å². The summed E-state index contributed by atoms with van der Waals surface area (Å²) < 4.78 is 39.1. The van der Waals surface area contributed by atoms with E-state index in [1.807, 2.05) is 0 Å². The van der Waals surface area contributed by atoms with Crippen molar-refractivity contribution in [1.29, 1.82) is 0 Å². The molecule has 0 aliphatic carbocycles. The number of unbranched alkanes of at least 4 members (excludes halogenated alkanes) is 12. The fourth-order valence-electron chi connectivity index (χ4n) is 2.99. The van der Waals surface area contributed by atoms with Crippen molar-refractivity contribution in [3.63, 3.8) is 0 Å². The van der Waals surface area contributed by atoms with Crippen LogP contribution in [-0.4, -0.2) is 30.8 Å². The van der Waals surface area contributed by atoms with Crippen LogP contribution in [0.15, 0.2) is 0 Å². The first-order chi connectivity index (χ1) is 12.4. The van der Waals surface area contributed by atoms with Crippen LogP contribution >= 0.6 is 0 Å². The van der Waals surface area contributed by atoms with Gasteiger partial charge in [0.05, 0.1) is 6.61 Å². The van der Waals surface area contributed by atoms with Crippen LogP contribution in [0.5, 0.6) is 0 Å². The van der Waals surface area contributed by atoms with E-state index in [-0.39, 0.29) is 42.6 Å². The van der Waals surface area contributed by atoms with E-state index in [1.54, 1.807) is 0 Å². The van der Waals surface area contributed by atoms with Gasteiger partial charge in [0.15, 0.2) is 0 Å². The van der Waals surface area contributed by atoms with Gasteiger partial charge >= 0.3 is 35.5 Å². The molecule has 27 heavy (non-hydrogen) atoms. The molecule has 5 nitrogen and oxygen atoms in total. The SMILES string of the molecule is CCCCCCCCCCC(C(=O)OCCCCCCCC)S(=O)(=O)[O-].[Na+]. The average molecular weight is 415 g/mol. The molecule has 0 aromatic carbocycles. The van der Waals surface area contributed by atoms with Gasteiger partial charge in [-0.2, -0.15) is 0 Å². The van der Waals surface area contributed by atoms with Gasteiger partial charge in [-0.3, -0.25) is 4.79 Å². The molecule has 1 unspecified atom stereocenters. The van der Waals surface area contributed by atoms with Crippen LogP contribution in [0.4, 0.5) is 0 Å². The molecule has 156 valence electrons. The van der Waals surface area contributed by atoms with Gasteiger partial charge in [-0.05, 0) is 12.8 Å². The number of esters is 1. The quantitative estimate of drug-likeness (QED) is 0.149. The van der Waals surface area contributed by atoms with Crippen molar-refractivity contribution >= 4 is 16.1 Å². The normalized spacial score (nSPS) is 12.4. The van der Waals surface area contributed by atoms with Crippen molar-refractivity contribution in [3.8, 4) is 0 Å². The molecule has 0 fully saturated rings. The number of carbonyl (C=O) groups excluding carboxylic acids is 1. The van der Waals surface area contributed by atoms with Crippen LogP contribution < -0.4 is 29.6 Å². The van der Waals surface area contributed by atoms with E-state index in [1.165, 1.54) is 44.9 Å². The minimum atomic E-state index is -4.65. The van der Waals surface area contributed by atoms with Gasteiger partial charge in [0.2, 0.25) is 0 Å². The number of rotatable bonds is 18. The molecule has 0 aromatic heterocycles. The standard InChI is InChI=1S/C20H40O5S.Na/c1-3-5-7-9-11-12-13-15-17-19(26(22,23)24)20(21)25-18-16-14-10-8-6-4-2;/h19H,3-18H2,1-2H3,(H,22,23,24);/q;+1/p-1. The Hall–Kier alpha value is 0.380. The summed E-state index contributed by atoms with van der Waals surface area (Å²) in [5, 5.41) is -1.54. The van der Waals surface area contributed by atoms with Crippen LogP contribution in [0.25, 0.3) is 0 Å². The summed E-state index contributed by atoms with van der Waals surface area (Å²) in [5.41, 5.74) is 0. The third kappa shape index (κ3) is 18.2. The van der Waals surface area contributed by atoms with Gasteiger partial charge in [-0.25, -0.2) is 8.42 Å². The molecule has 0 radical (unpaired) electrons. The van der Waals surface area contributed by atoms with Gasteiger partial charge < -0.3 is 9.29 Å². The zero-order valence-electron chi connectivity index (χ0n) is 17.8. The van der Waals surface area contributed by atoms with E-state index in [4.69, 9.17) is 4.74 Å². The van der Waals surface area contributed by atoms with E-state index in [0.29, 0.717) is 6.42 Å². The van der Waals surface area contributed by atoms with Gasteiger partial charge in [-0.1, -0.05) is 97.3 Å². The first kappa shape index (κ1) is 29.6. The van der Waals surface area contributed by atoms with E-state index in [0.717, 1.165) is 38.5 Å². The average Bonchev–Trinajstić information content (AvgIpc) is 2.58. The van der Waals surface area contributed by atoms with Crippen LogP contribution in [0.3, 0.4) is 0 Å². The Bertz CT molecular complexity index is 440. The summed E-state index contributed by atoms with van der Waals surface area (Å²) in [6, 6.07) is 0. The van der Waals surface area contributed by atoms with Crippen molar-refractivity contribution in [2.75, 3.05) is 6.61 Å². The summed E-state index contributed by atoms with van der Waals surface area (Å²) in [6.07, 6.45) is 14.9. The minimum absolute atomic E-state index is 0. The second kappa shape index (κ2) is 19.7. The maximum absolute atomic E-state index is 12.0. The van der Waals surface area contributed by atoms with E-state index >= 15 is 0 Å². The largest absolute Gasteiger partial charge is 1.00 e. The zero-order valence-corrected chi connectivity index (χ0v) is 20.7. The molecule has 0 spiro atoms. The van der Waals surface area contributed by atoms with Crippen LogP contribution in [0.2, 0.25) is 0 Å². The number of carbonyl (C=O) groups is 1. The second-order valence-corrected chi connectivity index (χ2v) is 8.73. The molecule has 1 atom stereocenters. The van der Waals surface area contributed by atoms with E-state index in [9.17, 15) is 17.8 Å². The minimum Gasteiger partial charge on any atom is -0.747 e. The first-order valence-electron chi connectivity index (χ1n) is 10.5. The van der Waals surface area contributed by atoms with Crippen LogP contribution in [0.1, 0.15) is 110 Å². The molecule has 0 N–H and O–H groups in total. The molecule has 0 bridgehead atoms. The Morgan fingerprint density at radius 3 is 1.63 bits per heavy atom.